The van der Waals surface area contributed by atoms with E-state index in [1.54, 1.807) is 32.9 Å². The maximum Gasteiger partial charge on any atom is 0.408 e. The van der Waals surface area contributed by atoms with E-state index in [1.807, 2.05) is 30.3 Å². The fraction of sp³-hybridized carbons (Fsp3) is 0.478. The van der Waals surface area contributed by atoms with Crippen molar-refractivity contribution in [1.29, 1.82) is 0 Å². The smallest absolute Gasteiger partial charge is 0.408 e. The van der Waals surface area contributed by atoms with Gasteiger partial charge in [-0.05, 0) is 39.2 Å². The Kier molecular flexibility index (Phi) is 9.71. The van der Waals surface area contributed by atoms with Crippen LogP contribution in [0, 0.1) is 0 Å². The second-order valence-electron chi connectivity index (χ2n) is 8.24. The first-order chi connectivity index (χ1) is 15.6. The van der Waals surface area contributed by atoms with Crippen molar-refractivity contribution in [2.24, 2.45) is 0 Å². The van der Waals surface area contributed by atoms with E-state index in [0.717, 1.165) is 5.56 Å². The van der Waals surface area contributed by atoms with Crippen LogP contribution in [0.4, 0.5) is 9.59 Å². The van der Waals surface area contributed by atoms with Gasteiger partial charge in [-0.1, -0.05) is 42.5 Å². The first kappa shape index (κ1) is 25.7. The molecule has 0 saturated heterocycles. The summed E-state index contributed by atoms with van der Waals surface area (Å²) < 4.78 is 20.5. The fourth-order valence-electron chi connectivity index (χ4n) is 2.74. The summed E-state index contributed by atoms with van der Waals surface area (Å²) in [6, 6.07) is 7.14. The highest BCUT2D eigenvalue weighted by Crippen LogP contribution is 2.09. The van der Waals surface area contributed by atoms with Crippen molar-refractivity contribution < 1.29 is 38.1 Å². The zero-order chi connectivity index (χ0) is 24.3. The molecule has 10 heteroatoms. The van der Waals surface area contributed by atoms with Crippen LogP contribution in [-0.2, 0) is 35.1 Å². The molecule has 1 heterocycles. The molecule has 0 bridgehead atoms. The minimum atomic E-state index is -0.989. The summed E-state index contributed by atoms with van der Waals surface area (Å²) in [6.45, 7) is 4.77. The van der Waals surface area contributed by atoms with Crippen molar-refractivity contribution in [2.45, 2.75) is 57.9 Å². The summed E-state index contributed by atoms with van der Waals surface area (Å²) in [7, 11) is 0. The van der Waals surface area contributed by atoms with Crippen LogP contribution < -0.4 is 10.6 Å². The Morgan fingerprint density at radius 2 is 1.42 bits per heavy atom. The van der Waals surface area contributed by atoms with Gasteiger partial charge in [0.25, 0.3) is 0 Å². The lowest BCUT2D eigenvalue weighted by Crippen LogP contribution is -2.45. The Bertz CT molecular complexity index is 848. The predicted octanol–water partition coefficient (Wildman–Crippen LogP) is 2.61. The lowest BCUT2D eigenvalue weighted by atomic mass is 10.1. The molecule has 2 atom stereocenters. The number of benzene rings is 1. The number of rotatable bonds is 4. The van der Waals surface area contributed by atoms with Gasteiger partial charge in [0, 0.05) is 0 Å². The third-order valence-corrected chi connectivity index (χ3v) is 4.25. The highest BCUT2D eigenvalue weighted by atomic mass is 16.6. The van der Waals surface area contributed by atoms with E-state index >= 15 is 0 Å². The molecule has 0 aliphatic carbocycles. The third-order valence-electron chi connectivity index (χ3n) is 4.25. The van der Waals surface area contributed by atoms with E-state index < -0.39 is 41.8 Å². The summed E-state index contributed by atoms with van der Waals surface area (Å²) >= 11 is 0. The number of carbonyl (C=O) groups excluding carboxylic acids is 4. The summed E-state index contributed by atoms with van der Waals surface area (Å²) in [5.41, 5.74) is 0.0800. The monoisotopic (exact) mass is 462 g/mol. The largest absolute Gasteiger partial charge is 0.461 e. The van der Waals surface area contributed by atoms with E-state index in [0.29, 0.717) is 0 Å². The lowest BCUT2D eigenvalue weighted by molar-refractivity contribution is -0.154. The van der Waals surface area contributed by atoms with Gasteiger partial charge in [-0.3, -0.25) is 0 Å². The first-order valence-corrected chi connectivity index (χ1v) is 10.6. The van der Waals surface area contributed by atoms with Crippen molar-refractivity contribution in [1.82, 2.24) is 10.6 Å². The van der Waals surface area contributed by atoms with Gasteiger partial charge in [0.15, 0.2) is 0 Å². The zero-order valence-electron chi connectivity index (χ0n) is 19.0. The Morgan fingerprint density at radius 3 is 1.94 bits per heavy atom. The molecular weight excluding hydrogens is 432 g/mol. The highest BCUT2D eigenvalue weighted by Gasteiger charge is 2.26. The minimum absolute atomic E-state index is 0.0538. The Hall–Kier alpha value is -3.56. The number of carbonyl (C=O) groups is 4. The van der Waals surface area contributed by atoms with Crippen molar-refractivity contribution in [3.05, 3.63) is 48.0 Å². The molecular formula is C23H30N2O8. The SMILES string of the molecule is CC(C)(C)OC(=O)N[C@@H]1C/C=C/C[C@H](NC(=O)OCc2ccccc2)C(=O)OCCOC1=O. The summed E-state index contributed by atoms with van der Waals surface area (Å²) in [5.74, 6) is -1.36. The number of alkyl carbamates (subject to hydrolysis) is 2. The molecule has 0 fully saturated rings. The molecule has 1 aliphatic heterocycles. The molecule has 0 spiro atoms. The second-order valence-corrected chi connectivity index (χ2v) is 8.24. The van der Waals surface area contributed by atoms with E-state index in [2.05, 4.69) is 10.6 Å². The van der Waals surface area contributed by atoms with E-state index in [-0.39, 0.29) is 32.7 Å². The predicted molar refractivity (Wildman–Crippen MR) is 117 cm³/mol. The molecule has 1 aromatic carbocycles. The number of hydrogen-bond acceptors (Lipinski definition) is 8. The molecule has 0 saturated carbocycles. The molecule has 0 radical (unpaired) electrons. The Morgan fingerprint density at radius 1 is 0.909 bits per heavy atom. The molecule has 33 heavy (non-hydrogen) atoms. The summed E-state index contributed by atoms with van der Waals surface area (Å²) in [4.78, 5) is 48.8. The standard InChI is InChI=1S/C23H30N2O8/c1-23(2,3)33-22(29)25-18-12-8-7-11-17(19(26)30-13-14-31-20(18)27)24-21(28)32-15-16-9-5-4-6-10-16/h4-10,17-18H,11-15H2,1-3H3,(H,24,28)(H,25,29)/b8-7+/t17-,18+/m0/s1. The number of nitrogens with one attached hydrogen (secondary N) is 2. The van der Waals surface area contributed by atoms with Crippen LogP contribution in [0.25, 0.3) is 0 Å². The molecule has 2 amide bonds. The van der Waals surface area contributed by atoms with E-state index in [1.165, 1.54) is 0 Å². The summed E-state index contributed by atoms with van der Waals surface area (Å²) in [5, 5.41) is 4.96. The lowest BCUT2D eigenvalue weighted by Gasteiger charge is -2.23. The van der Waals surface area contributed by atoms with Crippen molar-refractivity contribution in [3.8, 4) is 0 Å². The van der Waals surface area contributed by atoms with Gasteiger partial charge >= 0.3 is 24.1 Å². The van der Waals surface area contributed by atoms with Crippen molar-refractivity contribution in [2.75, 3.05) is 13.2 Å². The normalized spacial score (nSPS) is 20.7. The van der Waals surface area contributed by atoms with Crippen molar-refractivity contribution in [3.63, 3.8) is 0 Å². The quantitative estimate of drug-likeness (QED) is 0.397. The number of cyclic esters (lactones) is 2. The fourth-order valence-corrected chi connectivity index (χ4v) is 2.74. The molecule has 0 aromatic heterocycles. The summed E-state index contributed by atoms with van der Waals surface area (Å²) in [6.07, 6.45) is 1.89. The molecule has 2 rings (SSSR count). The topological polar surface area (TPSA) is 129 Å². The van der Waals surface area contributed by atoms with Crippen LogP contribution in [0.2, 0.25) is 0 Å². The van der Waals surface area contributed by atoms with E-state index in [9.17, 15) is 19.2 Å². The average molecular weight is 462 g/mol. The molecule has 1 aliphatic rings. The van der Waals surface area contributed by atoms with Gasteiger partial charge in [-0.25, -0.2) is 19.2 Å². The van der Waals surface area contributed by atoms with Crippen LogP contribution >= 0.6 is 0 Å². The molecule has 1 aromatic rings. The number of ether oxygens (including phenoxy) is 4. The van der Waals surface area contributed by atoms with Gasteiger partial charge in [-0.15, -0.1) is 0 Å². The second kappa shape index (κ2) is 12.5. The zero-order valence-corrected chi connectivity index (χ0v) is 19.0. The number of esters is 2. The van der Waals surface area contributed by atoms with Gasteiger partial charge in [-0.2, -0.15) is 0 Å². The number of hydrogen-bond donors (Lipinski definition) is 2. The Labute approximate surface area is 192 Å². The molecule has 10 nitrogen and oxygen atoms in total. The van der Waals surface area contributed by atoms with Crippen LogP contribution in [0.15, 0.2) is 42.5 Å². The van der Waals surface area contributed by atoms with Gasteiger partial charge in [0.1, 0.15) is 37.5 Å². The first-order valence-electron chi connectivity index (χ1n) is 10.6. The molecule has 2 N–H and O–H groups in total. The van der Waals surface area contributed by atoms with Gasteiger partial charge in [0.2, 0.25) is 0 Å². The van der Waals surface area contributed by atoms with Crippen LogP contribution in [0.3, 0.4) is 0 Å². The number of amides is 2. The van der Waals surface area contributed by atoms with Crippen LogP contribution in [0.5, 0.6) is 0 Å². The van der Waals surface area contributed by atoms with Crippen LogP contribution in [0.1, 0.15) is 39.2 Å². The Balaban J connectivity index is 1.95. The van der Waals surface area contributed by atoms with Crippen LogP contribution in [-0.4, -0.2) is 55.0 Å². The maximum absolute atomic E-state index is 12.3. The molecule has 0 unspecified atom stereocenters. The minimum Gasteiger partial charge on any atom is -0.461 e. The third kappa shape index (κ3) is 10.1. The molecule has 180 valence electrons. The van der Waals surface area contributed by atoms with E-state index in [4.69, 9.17) is 18.9 Å². The maximum atomic E-state index is 12.3. The van der Waals surface area contributed by atoms with Gasteiger partial charge < -0.3 is 29.6 Å². The van der Waals surface area contributed by atoms with Gasteiger partial charge in [0.05, 0.1) is 0 Å². The average Bonchev–Trinajstić information content (AvgIpc) is 2.74. The van der Waals surface area contributed by atoms with Crippen molar-refractivity contribution >= 4 is 24.1 Å². The highest BCUT2D eigenvalue weighted by molar-refractivity contribution is 5.82.